The molecule has 2 saturated heterocycles. The number of hydrogen-bond donors (Lipinski definition) is 1. The Kier molecular flexibility index (Phi) is 3.79. The predicted octanol–water partition coefficient (Wildman–Crippen LogP) is 2.07. The molecule has 5 nitrogen and oxygen atoms in total. The van der Waals surface area contributed by atoms with E-state index < -0.39 is 0 Å². The van der Waals surface area contributed by atoms with Gasteiger partial charge in [-0.05, 0) is 25.0 Å². The smallest absolute Gasteiger partial charge is 0.247 e. The molecule has 2 fully saturated rings. The SMILES string of the molecule is O=C1NCN(c2ccccc2)C12CCN(Cc1nccs1)CC2. The molecule has 1 spiro atoms. The number of nitrogens with zero attached hydrogens (tertiary/aromatic N) is 3. The molecule has 1 amide bonds. The molecule has 3 heterocycles. The Morgan fingerprint density at radius 2 is 2.00 bits per heavy atom. The number of carbonyl (C=O) groups is 1. The molecule has 0 saturated carbocycles. The second kappa shape index (κ2) is 5.94. The second-order valence-corrected chi connectivity index (χ2v) is 7.14. The number of carbonyl (C=O) groups excluding carboxylic acids is 1. The van der Waals surface area contributed by atoms with Gasteiger partial charge in [-0.1, -0.05) is 18.2 Å². The lowest BCUT2D eigenvalue weighted by atomic mass is 9.85. The molecule has 0 radical (unpaired) electrons. The zero-order valence-electron chi connectivity index (χ0n) is 12.9. The minimum atomic E-state index is -0.388. The lowest BCUT2D eigenvalue weighted by Crippen LogP contribution is -2.56. The summed E-state index contributed by atoms with van der Waals surface area (Å²) in [5.74, 6) is 0.176. The van der Waals surface area contributed by atoms with Crippen LogP contribution in [0.3, 0.4) is 0 Å². The number of rotatable bonds is 3. The molecule has 2 aliphatic rings. The van der Waals surface area contributed by atoms with E-state index in [2.05, 4.69) is 32.2 Å². The highest BCUT2D eigenvalue weighted by atomic mass is 32.1. The van der Waals surface area contributed by atoms with Crippen LogP contribution in [0.25, 0.3) is 0 Å². The first-order valence-electron chi connectivity index (χ1n) is 8.00. The molecule has 0 atom stereocenters. The average molecular weight is 328 g/mol. The van der Waals surface area contributed by atoms with Crippen LogP contribution < -0.4 is 10.2 Å². The zero-order chi connectivity index (χ0) is 15.7. The van der Waals surface area contributed by atoms with Gasteiger partial charge in [0.2, 0.25) is 5.91 Å². The predicted molar refractivity (Wildman–Crippen MR) is 91.3 cm³/mol. The fraction of sp³-hybridized carbons (Fsp3) is 0.412. The number of likely N-dealkylation sites (tertiary alicyclic amines) is 1. The van der Waals surface area contributed by atoms with Crippen LogP contribution in [0.5, 0.6) is 0 Å². The van der Waals surface area contributed by atoms with E-state index in [1.165, 1.54) is 0 Å². The molecule has 0 bridgehead atoms. The van der Waals surface area contributed by atoms with Crippen LogP contribution in [0.15, 0.2) is 41.9 Å². The third-order valence-electron chi connectivity index (χ3n) is 4.93. The normalized spacial score (nSPS) is 20.9. The van der Waals surface area contributed by atoms with Gasteiger partial charge in [0, 0.05) is 30.4 Å². The van der Waals surface area contributed by atoms with Crippen molar-refractivity contribution in [1.29, 1.82) is 0 Å². The minimum Gasteiger partial charge on any atom is -0.339 e. The third-order valence-corrected chi connectivity index (χ3v) is 5.69. The quantitative estimate of drug-likeness (QED) is 0.937. The third kappa shape index (κ3) is 2.62. The number of para-hydroxylation sites is 1. The van der Waals surface area contributed by atoms with Gasteiger partial charge in [0.25, 0.3) is 0 Å². The molecule has 1 N–H and O–H groups in total. The summed E-state index contributed by atoms with van der Waals surface area (Å²) in [6.45, 7) is 3.35. The molecular weight excluding hydrogens is 308 g/mol. The highest BCUT2D eigenvalue weighted by molar-refractivity contribution is 7.09. The van der Waals surface area contributed by atoms with Crippen molar-refractivity contribution in [1.82, 2.24) is 15.2 Å². The molecule has 2 aromatic rings. The number of nitrogens with one attached hydrogen (secondary N) is 1. The van der Waals surface area contributed by atoms with E-state index in [4.69, 9.17) is 0 Å². The average Bonchev–Trinajstić information content (AvgIpc) is 3.20. The summed E-state index contributed by atoms with van der Waals surface area (Å²) in [6, 6.07) is 10.2. The van der Waals surface area contributed by atoms with Crippen LogP contribution in [-0.2, 0) is 11.3 Å². The molecule has 6 heteroatoms. The van der Waals surface area contributed by atoms with Gasteiger partial charge < -0.3 is 10.2 Å². The largest absolute Gasteiger partial charge is 0.339 e. The first-order chi connectivity index (χ1) is 11.3. The number of hydrogen-bond acceptors (Lipinski definition) is 5. The molecule has 1 aromatic carbocycles. The molecule has 0 unspecified atom stereocenters. The van der Waals surface area contributed by atoms with Crippen LogP contribution in [0.1, 0.15) is 17.8 Å². The monoisotopic (exact) mass is 328 g/mol. The Balaban J connectivity index is 1.50. The van der Waals surface area contributed by atoms with Crippen LogP contribution in [0, 0.1) is 0 Å². The van der Waals surface area contributed by atoms with Gasteiger partial charge in [-0.2, -0.15) is 0 Å². The van der Waals surface area contributed by atoms with E-state index in [0.717, 1.165) is 43.2 Å². The summed E-state index contributed by atoms with van der Waals surface area (Å²) in [5.41, 5.74) is 0.736. The minimum absolute atomic E-state index is 0.176. The fourth-order valence-electron chi connectivity index (χ4n) is 3.64. The lowest BCUT2D eigenvalue weighted by Gasteiger charge is -2.43. The molecule has 120 valence electrons. The van der Waals surface area contributed by atoms with Gasteiger partial charge in [-0.25, -0.2) is 4.98 Å². The van der Waals surface area contributed by atoms with E-state index in [1.54, 1.807) is 11.3 Å². The fourth-order valence-corrected chi connectivity index (χ4v) is 4.29. The number of aromatic nitrogens is 1. The molecular formula is C17H20N4OS. The van der Waals surface area contributed by atoms with Crippen LogP contribution in [0.2, 0.25) is 0 Å². The summed E-state index contributed by atoms with van der Waals surface area (Å²) >= 11 is 1.70. The van der Waals surface area contributed by atoms with Crippen molar-refractivity contribution in [3.05, 3.63) is 46.9 Å². The van der Waals surface area contributed by atoms with Crippen LogP contribution in [0.4, 0.5) is 5.69 Å². The summed E-state index contributed by atoms with van der Waals surface area (Å²) in [5, 5.41) is 6.21. The highest BCUT2D eigenvalue weighted by Crippen LogP contribution is 2.36. The van der Waals surface area contributed by atoms with Crippen molar-refractivity contribution in [2.24, 2.45) is 0 Å². The Labute approximate surface area is 139 Å². The summed E-state index contributed by atoms with van der Waals surface area (Å²) < 4.78 is 0. The number of anilines is 1. The van der Waals surface area contributed by atoms with Gasteiger partial charge >= 0.3 is 0 Å². The topological polar surface area (TPSA) is 48.5 Å². The van der Waals surface area contributed by atoms with Crippen molar-refractivity contribution in [3.8, 4) is 0 Å². The Morgan fingerprint density at radius 1 is 1.22 bits per heavy atom. The molecule has 2 aliphatic heterocycles. The second-order valence-electron chi connectivity index (χ2n) is 6.16. The van der Waals surface area contributed by atoms with E-state index in [-0.39, 0.29) is 11.4 Å². The maximum absolute atomic E-state index is 12.6. The Hall–Kier alpha value is -1.92. The van der Waals surface area contributed by atoms with Crippen molar-refractivity contribution >= 4 is 22.9 Å². The van der Waals surface area contributed by atoms with Gasteiger partial charge in [0.15, 0.2) is 0 Å². The van der Waals surface area contributed by atoms with Gasteiger partial charge in [0.1, 0.15) is 10.5 Å². The molecule has 1 aromatic heterocycles. The molecule has 23 heavy (non-hydrogen) atoms. The number of amides is 1. The van der Waals surface area contributed by atoms with E-state index >= 15 is 0 Å². The van der Waals surface area contributed by atoms with E-state index in [9.17, 15) is 4.79 Å². The van der Waals surface area contributed by atoms with Crippen LogP contribution >= 0.6 is 11.3 Å². The first-order valence-corrected chi connectivity index (χ1v) is 8.88. The summed E-state index contributed by atoms with van der Waals surface area (Å²) in [6.07, 6.45) is 3.57. The van der Waals surface area contributed by atoms with Gasteiger partial charge in [0.05, 0.1) is 13.2 Å². The first kappa shape index (κ1) is 14.7. The molecule has 4 rings (SSSR count). The maximum Gasteiger partial charge on any atom is 0.247 e. The highest BCUT2D eigenvalue weighted by Gasteiger charge is 2.50. The maximum atomic E-state index is 12.6. The van der Waals surface area contributed by atoms with Crippen LogP contribution in [-0.4, -0.2) is 41.1 Å². The lowest BCUT2D eigenvalue weighted by molar-refractivity contribution is -0.125. The number of thiazole rings is 1. The van der Waals surface area contributed by atoms with Gasteiger partial charge in [-0.3, -0.25) is 9.69 Å². The standard InChI is InChI=1S/C17H20N4OS/c22-16-17(21(13-19-16)14-4-2-1-3-5-14)6-9-20(10-7-17)12-15-18-8-11-23-15/h1-5,8,11H,6-7,9-10,12-13H2,(H,19,22). The summed E-state index contributed by atoms with van der Waals surface area (Å²) in [4.78, 5) is 21.6. The summed E-state index contributed by atoms with van der Waals surface area (Å²) in [7, 11) is 0. The Morgan fingerprint density at radius 3 is 2.70 bits per heavy atom. The van der Waals surface area contributed by atoms with Crippen molar-refractivity contribution in [2.75, 3.05) is 24.7 Å². The van der Waals surface area contributed by atoms with E-state index in [0.29, 0.717) is 6.67 Å². The number of piperidine rings is 1. The number of benzene rings is 1. The van der Waals surface area contributed by atoms with Gasteiger partial charge in [-0.15, -0.1) is 11.3 Å². The van der Waals surface area contributed by atoms with E-state index in [1.807, 2.05) is 29.8 Å². The van der Waals surface area contributed by atoms with Crippen molar-refractivity contribution in [2.45, 2.75) is 24.9 Å². The van der Waals surface area contributed by atoms with Crippen molar-refractivity contribution < 1.29 is 4.79 Å². The van der Waals surface area contributed by atoms with Crippen molar-refractivity contribution in [3.63, 3.8) is 0 Å². The Bertz CT molecular complexity index is 665. The molecule has 0 aliphatic carbocycles. The zero-order valence-corrected chi connectivity index (χ0v) is 13.8.